The third-order valence-electron chi connectivity index (χ3n) is 4.23. The Hall–Kier alpha value is -2.46. The number of furan rings is 1. The predicted octanol–water partition coefficient (Wildman–Crippen LogP) is 5.50. The first-order chi connectivity index (χ1) is 12.6. The molecule has 0 atom stereocenters. The summed E-state index contributed by atoms with van der Waals surface area (Å²) in [4.78, 5) is 12.7. The number of hydrogen-bond donors (Lipinski definition) is 1. The molecular weight excluding hydrogens is 350 g/mol. The van der Waals surface area contributed by atoms with E-state index in [-0.39, 0.29) is 5.91 Å². The van der Waals surface area contributed by atoms with E-state index in [2.05, 4.69) is 12.2 Å². The normalized spacial score (nSPS) is 10.9. The van der Waals surface area contributed by atoms with Gasteiger partial charge in [0.05, 0.1) is 12.2 Å². The fourth-order valence-corrected chi connectivity index (χ4v) is 3.01. The molecule has 0 saturated heterocycles. The number of rotatable bonds is 7. The molecule has 0 aliphatic rings. The number of aryl methyl sites for hydroxylation is 1. The third kappa shape index (κ3) is 4.02. The molecule has 4 nitrogen and oxygen atoms in total. The quantitative estimate of drug-likeness (QED) is 0.557. The van der Waals surface area contributed by atoms with Crippen molar-refractivity contribution in [2.45, 2.75) is 33.2 Å². The fourth-order valence-electron chi connectivity index (χ4n) is 2.81. The largest absolute Gasteiger partial charge is 0.494 e. The van der Waals surface area contributed by atoms with Crippen LogP contribution in [0.1, 0.15) is 41.4 Å². The number of hydrogen-bond acceptors (Lipinski definition) is 3. The molecule has 2 aromatic carbocycles. The lowest BCUT2D eigenvalue weighted by atomic mass is 10.1. The van der Waals surface area contributed by atoms with Gasteiger partial charge in [0.2, 0.25) is 0 Å². The molecule has 3 rings (SSSR count). The Morgan fingerprint density at radius 1 is 1.23 bits per heavy atom. The highest BCUT2D eigenvalue weighted by Crippen LogP contribution is 2.29. The van der Waals surface area contributed by atoms with E-state index < -0.39 is 0 Å². The summed E-state index contributed by atoms with van der Waals surface area (Å²) >= 11 is 6.15. The highest BCUT2D eigenvalue weighted by Gasteiger charge is 2.19. The maximum Gasteiger partial charge on any atom is 0.255 e. The van der Waals surface area contributed by atoms with Crippen molar-refractivity contribution in [1.29, 1.82) is 0 Å². The average Bonchev–Trinajstić information content (AvgIpc) is 2.96. The van der Waals surface area contributed by atoms with Gasteiger partial charge in [0.15, 0.2) is 0 Å². The second-order valence-electron chi connectivity index (χ2n) is 6.17. The van der Waals surface area contributed by atoms with Crippen molar-refractivity contribution in [2.75, 3.05) is 6.61 Å². The summed E-state index contributed by atoms with van der Waals surface area (Å²) in [7, 11) is 0. The molecule has 1 N–H and O–H groups in total. The molecule has 0 spiro atoms. The van der Waals surface area contributed by atoms with Gasteiger partial charge >= 0.3 is 0 Å². The van der Waals surface area contributed by atoms with Crippen LogP contribution < -0.4 is 10.1 Å². The van der Waals surface area contributed by atoms with Crippen LogP contribution in [0, 0.1) is 6.92 Å². The number of carbonyl (C=O) groups excluding carboxylic acids is 1. The first-order valence-corrected chi connectivity index (χ1v) is 9.15. The van der Waals surface area contributed by atoms with Crippen LogP contribution in [0.15, 0.2) is 46.9 Å². The Morgan fingerprint density at radius 3 is 2.81 bits per heavy atom. The first-order valence-electron chi connectivity index (χ1n) is 8.77. The van der Waals surface area contributed by atoms with Gasteiger partial charge in [0.1, 0.15) is 17.1 Å². The Bertz CT molecular complexity index is 917. The lowest BCUT2D eigenvalue weighted by molar-refractivity contribution is 0.0951. The number of fused-ring (bicyclic) bond motifs is 1. The number of nitrogens with one attached hydrogen (secondary N) is 1. The summed E-state index contributed by atoms with van der Waals surface area (Å²) in [5.74, 6) is 1.14. The molecule has 136 valence electrons. The summed E-state index contributed by atoms with van der Waals surface area (Å²) in [6, 6.07) is 13.0. The molecule has 0 aliphatic carbocycles. The monoisotopic (exact) mass is 371 g/mol. The maximum atomic E-state index is 12.7. The molecular formula is C21H22ClNO3. The van der Waals surface area contributed by atoms with Crippen LogP contribution in [0.5, 0.6) is 5.75 Å². The zero-order valence-electron chi connectivity index (χ0n) is 15.0. The molecule has 0 bridgehead atoms. The average molecular weight is 372 g/mol. The topological polar surface area (TPSA) is 51.5 Å². The van der Waals surface area contributed by atoms with Crippen molar-refractivity contribution in [3.05, 3.63) is 64.4 Å². The Balaban J connectivity index is 1.81. The van der Waals surface area contributed by atoms with Gasteiger partial charge in [-0.05, 0) is 43.2 Å². The fraction of sp³-hybridized carbons (Fsp3) is 0.286. The summed E-state index contributed by atoms with van der Waals surface area (Å²) in [5, 5.41) is 4.31. The standard InChI is InChI=1S/C21H22ClNO3/c1-3-4-11-25-16-9-10-19-17(12-16)20(14(2)26-19)21(24)23-13-15-7-5-6-8-18(15)22/h5-10,12H,3-4,11,13H2,1-2H3,(H,23,24). The van der Waals surface area contributed by atoms with Crippen molar-refractivity contribution < 1.29 is 13.9 Å². The van der Waals surface area contributed by atoms with Crippen LogP contribution >= 0.6 is 11.6 Å². The van der Waals surface area contributed by atoms with Crippen molar-refractivity contribution in [2.24, 2.45) is 0 Å². The zero-order valence-corrected chi connectivity index (χ0v) is 15.7. The molecule has 0 unspecified atom stereocenters. The van der Waals surface area contributed by atoms with E-state index in [0.29, 0.717) is 35.1 Å². The van der Waals surface area contributed by atoms with E-state index in [0.717, 1.165) is 29.5 Å². The molecule has 0 aliphatic heterocycles. The molecule has 0 saturated carbocycles. The van der Waals surface area contributed by atoms with E-state index >= 15 is 0 Å². The second-order valence-corrected chi connectivity index (χ2v) is 6.57. The first kappa shape index (κ1) is 18.3. The molecule has 1 heterocycles. The van der Waals surface area contributed by atoms with Crippen LogP contribution in [0.4, 0.5) is 0 Å². The van der Waals surface area contributed by atoms with Crippen LogP contribution in [-0.4, -0.2) is 12.5 Å². The van der Waals surface area contributed by atoms with Gasteiger partial charge in [-0.3, -0.25) is 4.79 Å². The molecule has 3 aromatic rings. The maximum absolute atomic E-state index is 12.7. The number of carbonyl (C=O) groups is 1. The minimum absolute atomic E-state index is 0.188. The number of halogens is 1. The lowest BCUT2D eigenvalue weighted by Crippen LogP contribution is -2.23. The van der Waals surface area contributed by atoms with E-state index in [1.807, 2.05) is 42.5 Å². The summed E-state index contributed by atoms with van der Waals surface area (Å²) < 4.78 is 11.5. The van der Waals surface area contributed by atoms with Crippen LogP contribution in [-0.2, 0) is 6.54 Å². The molecule has 5 heteroatoms. The van der Waals surface area contributed by atoms with Gasteiger partial charge in [-0.1, -0.05) is 43.1 Å². The Kier molecular flexibility index (Phi) is 5.84. The summed E-state index contributed by atoms with van der Waals surface area (Å²) in [5.41, 5.74) is 2.08. The van der Waals surface area contributed by atoms with Crippen molar-refractivity contribution in [3.8, 4) is 5.75 Å². The molecule has 0 radical (unpaired) electrons. The molecule has 1 amide bonds. The van der Waals surface area contributed by atoms with Gasteiger partial charge in [-0.2, -0.15) is 0 Å². The van der Waals surface area contributed by atoms with Crippen LogP contribution in [0.3, 0.4) is 0 Å². The molecule has 0 fully saturated rings. The summed E-state index contributed by atoms with van der Waals surface area (Å²) in [6.45, 7) is 4.93. The van der Waals surface area contributed by atoms with Crippen molar-refractivity contribution in [1.82, 2.24) is 5.32 Å². The highest BCUT2D eigenvalue weighted by molar-refractivity contribution is 6.31. The minimum atomic E-state index is -0.188. The predicted molar refractivity (Wildman–Crippen MR) is 104 cm³/mol. The van der Waals surface area contributed by atoms with E-state index in [1.165, 1.54) is 0 Å². The number of ether oxygens (including phenoxy) is 1. The van der Waals surface area contributed by atoms with Gasteiger partial charge in [0.25, 0.3) is 5.91 Å². The van der Waals surface area contributed by atoms with E-state index in [9.17, 15) is 4.79 Å². The second kappa shape index (κ2) is 8.28. The number of unbranched alkanes of at least 4 members (excludes halogenated alkanes) is 1. The zero-order chi connectivity index (χ0) is 18.5. The number of amides is 1. The molecule has 1 aromatic heterocycles. The minimum Gasteiger partial charge on any atom is -0.494 e. The van der Waals surface area contributed by atoms with Crippen LogP contribution in [0.25, 0.3) is 11.0 Å². The van der Waals surface area contributed by atoms with E-state index in [1.54, 1.807) is 6.92 Å². The number of benzene rings is 2. The highest BCUT2D eigenvalue weighted by atomic mass is 35.5. The SMILES string of the molecule is CCCCOc1ccc2oc(C)c(C(=O)NCc3ccccc3Cl)c2c1. The van der Waals surface area contributed by atoms with Crippen molar-refractivity contribution in [3.63, 3.8) is 0 Å². The smallest absolute Gasteiger partial charge is 0.255 e. The van der Waals surface area contributed by atoms with Gasteiger partial charge in [-0.15, -0.1) is 0 Å². The Labute approximate surface area is 158 Å². The van der Waals surface area contributed by atoms with E-state index in [4.69, 9.17) is 20.8 Å². The summed E-state index contributed by atoms with van der Waals surface area (Å²) in [6.07, 6.45) is 2.07. The van der Waals surface area contributed by atoms with Gasteiger partial charge < -0.3 is 14.5 Å². The lowest BCUT2D eigenvalue weighted by Gasteiger charge is -2.07. The van der Waals surface area contributed by atoms with Crippen molar-refractivity contribution >= 4 is 28.5 Å². The Morgan fingerprint density at radius 2 is 2.04 bits per heavy atom. The molecule has 26 heavy (non-hydrogen) atoms. The van der Waals surface area contributed by atoms with Crippen LogP contribution in [0.2, 0.25) is 5.02 Å². The third-order valence-corrected chi connectivity index (χ3v) is 4.60. The van der Waals surface area contributed by atoms with Gasteiger partial charge in [0, 0.05) is 17.0 Å². The van der Waals surface area contributed by atoms with Gasteiger partial charge in [-0.25, -0.2) is 0 Å².